The first-order chi connectivity index (χ1) is 17.0. The number of nitro groups is 1. The zero-order valence-electron chi connectivity index (χ0n) is 19.1. The maximum absolute atomic E-state index is 13.1. The highest BCUT2D eigenvalue weighted by Crippen LogP contribution is 2.29. The number of likely N-dealkylation sites (tertiary alicyclic amines) is 1. The predicted molar refractivity (Wildman–Crippen MR) is 132 cm³/mol. The molecule has 0 aliphatic carbocycles. The van der Waals surface area contributed by atoms with Crippen LogP contribution in [0.1, 0.15) is 23.2 Å². The zero-order chi connectivity index (χ0) is 24.6. The summed E-state index contributed by atoms with van der Waals surface area (Å²) < 4.78 is 5.83. The molecule has 4 rings (SSSR count). The fraction of sp³-hybridized carbons (Fsp3) is 0.231. The fourth-order valence-electron chi connectivity index (χ4n) is 3.94. The van der Waals surface area contributed by atoms with Gasteiger partial charge in [0.15, 0.2) is 0 Å². The number of nitro benzene ring substituents is 1. The summed E-state index contributed by atoms with van der Waals surface area (Å²) in [7, 11) is 0. The number of nitrogens with zero attached hydrogens (tertiary/aromatic N) is 2. The van der Waals surface area contributed by atoms with Gasteiger partial charge in [-0.15, -0.1) is 0 Å². The van der Waals surface area contributed by atoms with Gasteiger partial charge in [0.2, 0.25) is 5.91 Å². The van der Waals surface area contributed by atoms with E-state index in [2.05, 4.69) is 10.6 Å². The highest BCUT2D eigenvalue weighted by atomic mass is 16.6. The van der Waals surface area contributed by atoms with Crippen LogP contribution in [0.25, 0.3) is 0 Å². The third-order valence-corrected chi connectivity index (χ3v) is 5.74. The molecule has 35 heavy (non-hydrogen) atoms. The van der Waals surface area contributed by atoms with Crippen LogP contribution >= 0.6 is 0 Å². The van der Waals surface area contributed by atoms with Crippen molar-refractivity contribution in [2.24, 2.45) is 0 Å². The largest absolute Gasteiger partial charge is 0.457 e. The second-order valence-corrected chi connectivity index (χ2v) is 8.29. The first kappa shape index (κ1) is 23.9. The Labute approximate surface area is 202 Å². The number of anilines is 1. The Morgan fingerprint density at radius 3 is 2.29 bits per heavy atom. The predicted octanol–water partition coefficient (Wildman–Crippen LogP) is 4.22. The lowest BCUT2D eigenvalue weighted by Gasteiger charge is -2.32. The van der Waals surface area contributed by atoms with E-state index in [0.717, 1.165) is 5.69 Å². The van der Waals surface area contributed by atoms with Crippen molar-refractivity contribution in [3.05, 3.63) is 94.5 Å². The molecule has 3 aromatic carbocycles. The summed E-state index contributed by atoms with van der Waals surface area (Å²) in [6, 6.07) is 22.1. The number of carbonyl (C=O) groups is 2. The number of nitrogens with one attached hydrogen (secondary N) is 2. The van der Waals surface area contributed by atoms with Gasteiger partial charge in [-0.05, 0) is 43.2 Å². The van der Waals surface area contributed by atoms with E-state index in [0.29, 0.717) is 31.7 Å². The summed E-state index contributed by atoms with van der Waals surface area (Å²) in [6.45, 7) is 1.57. The highest BCUT2D eigenvalue weighted by Gasteiger charge is 2.25. The van der Waals surface area contributed by atoms with Gasteiger partial charge in [0, 0.05) is 37.0 Å². The van der Waals surface area contributed by atoms with E-state index in [-0.39, 0.29) is 35.5 Å². The Morgan fingerprint density at radius 2 is 1.63 bits per heavy atom. The van der Waals surface area contributed by atoms with E-state index >= 15 is 0 Å². The Balaban J connectivity index is 1.35. The van der Waals surface area contributed by atoms with Crippen LogP contribution in [0.5, 0.6) is 11.5 Å². The van der Waals surface area contributed by atoms with Crippen LogP contribution in [0.4, 0.5) is 11.4 Å². The number of benzene rings is 3. The lowest BCUT2D eigenvalue weighted by Crippen LogP contribution is -2.46. The molecule has 1 aliphatic rings. The molecular weight excluding hydrogens is 448 g/mol. The lowest BCUT2D eigenvalue weighted by molar-refractivity contribution is -0.384. The molecule has 9 heteroatoms. The van der Waals surface area contributed by atoms with Crippen molar-refractivity contribution in [2.45, 2.75) is 18.9 Å². The van der Waals surface area contributed by atoms with Crippen molar-refractivity contribution < 1.29 is 19.2 Å². The van der Waals surface area contributed by atoms with Gasteiger partial charge in [0.25, 0.3) is 11.6 Å². The maximum atomic E-state index is 13.1. The first-order valence-electron chi connectivity index (χ1n) is 11.4. The highest BCUT2D eigenvalue weighted by molar-refractivity contribution is 5.98. The van der Waals surface area contributed by atoms with E-state index in [9.17, 15) is 19.7 Å². The van der Waals surface area contributed by atoms with Gasteiger partial charge in [-0.3, -0.25) is 24.6 Å². The summed E-state index contributed by atoms with van der Waals surface area (Å²) in [5.74, 6) is 0.254. The van der Waals surface area contributed by atoms with E-state index in [1.165, 1.54) is 18.2 Å². The minimum atomic E-state index is -0.540. The van der Waals surface area contributed by atoms with Crippen molar-refractivity contribution >= 4 is 23.2 Å². The molecule has 1 saturated heterocycles. The molecule has 0 radical (unpaired) electrons. The lowest BCUT2D eigenvalue weighted by atomic mass is 10.0. The number of hydrogen-bond donors (Lipinski definition) is 2. The molecule has 0 unspecified atom stereocenters. The van der Waals surface area contributed by atoms with Crippen LogP contribution in [-0.2, 0) is 4.79 Å². The Morgan fingerprint density at radius 1 is 0.971 bits per heavy atom. The van der Waals surface area contributed by atoms with Crippen molar-refractivity contribution in [3.63, 3.8) is 0 Å². The van der Waals surface area contributed by atoms with Crippen LogP contribution in [0.15, 0.2) is 78.9 Å². The van der Waals surface area contributed by atoms with E-state index in [4.69, 9.17) is 4.74 Å². The molecule has 0 saturated carbocycles. The molecule has 0 bridgehead atoms. The zero-order valence-corrected chi connectivity index (χ0v) is 19.1. The number of hydrogen-bond acceptors (Lipinski definition) is 6. The summed E-state index contributed by atoms with van der Waals surface area (Å²) in [5.41, 5.74) is 0.674. The second kappa shape index (κ2) is 11.3. The number of non-ortho nitro benzene ring substituents is 1. The Kier molecular flexibility index (Phi) is 7.69. The Bertz CT molecular complexity index is 1180. The standard InChI is InChI=1S/C26H26N4O5/c31-25(27-19-7-3-1-4-8-19)18-29-15-13-20(14-16-29)28-26(32)23-17-21(30(33)34)11-12-24(23)35-22-9-5-2-6-10-22/h1-12,17,20H,13-16,18H2,(H,27,31)(H,28,32). The number of para-hydroxylation sites is 2. The second-order valence-electron chi connectivity index (χ2n) is 8.29. The summed E-state index contributed by atoms with van der Waals surface area (Å²) in [5, 5.41) is 17.1. The van der Waals surface area contributed by atoms with E-state index in [1.54, 1.807) is 24.3 Å². The van der Waals surface area contributed by atoms with Gasteiger partial charge in [-0.2, -0.15) is 0 Å². The van der Waals surface area contributed by atoms with Crippen LogP contribution < -0.4 is 15.4 Å². The van der Waals surface area contributed by atoms with Gasteiger partial charge < -0.3 is 15.4 Å². The van der Waals surface area contributed by atoms with Crippen LogP contribution in [0, 0.1) is 10.1 Å². The van der Waals surface area contributed by atoms with Gasteiger partial charge in [-0.25, -0.2) is 0 Å². The fourth-order valence-corrected chi connectivity index (χ4v) is 3.94. The number of carbonyl (C=O) groups excluding carboxylic acids is 2. The molecule has 0 aromatic heterocycles. The maximum Gasteiger partial charge on any atom is 0.270 e. The smallest absolute Gasteiger partial charge is 0.270 e. The topological polar surface area (TPSA) is 114 Å². The number of piperidine rings is 1. The molecule has 2 amide bonds. The van der Waals surface area contributed by atoms with Crippen molar-refractivity contribution in [1.29, 1.82) is 0 Å². The molecule has 0 atom stereocenters. The molecule has 9 nitrogen and oxygen atoms in total. The van der Waals surface area contributed by atoms with Crippen molar-refractivity contribution in [3.8, 4) is 11.5 Å². The molecule has 3 aromatic rings. The number of ether oxygens (including phenoxy) is 1. The molecule has 1 aliphatic heterocycles. The van der Waals surface area contributed by atoms with Gasteiger partial charge in [0.05, 0.1) is 17.0 Å². The quantitative estimate of drug-likeness (QED) is 0.373. The molecule has 0 spiro atoms. The number of rotatable bonds is 8. The van der Waals surface area contributed by atoms with Gasteiger partial charge in [0.1, 0.15) is 11.5 Å². The molecule has 180 valence electrons. The molecule has 2 N–H and O–H groups in total. The molecule has 1 fully saturated rings. The van der Waals surface area contributed by atoms with Crippen molar-refractivity contribution in [2.75, 3.05) is 25.0 Å². The van der Waals surface area contributed by atoms with Crippen LogP contribution in [0.3, 0.4) is 0 Å². The third-order valence-electron chi connectivity index (χ3n) is 5.74. The molecular formula is C26H26N4O5. The third kappa shape index (κ3) is 6.64. The minimum Gasteiger partial charge on any atom is -0.457 e. The summed E-state index contributed by atoms with van der Waals surface area (Å²) in [4.78, 5) is 38.1. The van der Waals surface area contributed by atoms with E-state index in [1.807, 2.05) is 41.3 Å². The minimum absolute atomic E-state index is 0.0852. The Hall–Kier alpha value is -4.24. The van der Waals surface area contributed by atoms with Gasteiger partial charge in [-0.1, -0.05) is 36.4 Å². The van der Waals surface area contributed by atoms with Crippen molar-refractivity contribution in [1.82, 2.24) is 10.2 Å². The van der Waals surface area contributed by atoms with Crippen LogP contribution in [0.2, 0.25) is 0 Å². The normalized spacial score (nSPS) is 14.2. The van der Waals surface area contributed by atoms with E-state index < -0.39 is 10.8 Å². The van der Waals surface area contributed by atoms with Crippen LogP contribution in [-0.4, -0.2) is 47.3 Å². The summed E-state index contributed by atoms with van der Waals surface area (Å²) >= 11 is 0. The average molecular weight is 475 g/mol. The summed E-state index contributed by atoms with van der Waals surface area (Å²) in [6.07, 6.45) is 1.32. The first-order valence-corrected chi connectivity index (χ1v) is 11.4. The average Bonchev–Trinajstić information content (AvgIpc) is 2.86. The number of amides is 2. The SMILES string of the molecule is O=C(CN1CCC(NC(=O)c2cc([N+](=O)[O-])ccc2Oc2ccccc2)CC1)Nc1ccccc1. The molecule has 1 heterocycles. The monoisotopic (exact) mass is 474 g/mol. The van der Waals surface area contributed by atoms with Gasteiger partial charge >= 0.3 is 0 Å².